The molecule has 0 radical (unpaired) electrons. The Morgan fingerprint density at radius 3 is 2.53 bits per heavy atom. The van der Waals surface area contributed by atoms with Crippen molar-refractivity contribution in [1.82, 2.24) is 4.98 Å². The summed E-state index contributed by atoms with van der Waals surface area (Å²) < 4.78 is 6.57. The summed E-state index contributed by atoms with van der Waals surface area (Å²) in [5.74, 6) is 1.23. The molecule has 0 fully saturated rings. The summed E-state index contributed by atoms with van der Waals surface area (Å²) in [5, 5.41) is 6.75. The Bertz CT molecular complexity index is 1360. The van der Waals surface area contributed by atoms with E-state index in [1.54, 1.807) is 11.8 Å². The first-order valence-electron chi connectivity index (χ1n) is 11.0. The number of thiazole rings is 1. The zero-order chi connectivity index (χ0) is 23.5. The molecule has 1 amide bonds. The number of hydrogen-bond donors (Lipinski definition) is 0. The molecular weight excluding hydrogens is 462 g/mol. The van der Waals surface area contributed by atoms with Crippen LogP contribution in [0.4, 0.5) is 5.13 Å². The second-order valence-electron chi connectivity index (χ2n) is 7.79. The summed E-state index contributed by atoms with van der Waals surface area (Å²) in [5.41, 5.74) is 4.33. The van der Waals surface area contributed by atoms with E-state index < -0.39 is 0 Å². The van der Waals surface area contributed by atoms with Crippen LogP contribution >= 0.6 is 23.1 Å². The highest BCUT2D eigenvalue weighted by molar-refractivity contribution is 8.00. The minimum Gasteiger partial charge on any atom is -0.494 e. The van der Waals surface area contributed by atoms with Gasteiger partial charge in [-0.15, -0.1) is 11.8 Å². The van der Waals surface area contributed by atoms with Crippen molar-refractivity contribution in [3.05, 3.63) is 89.5 Å². The van der Waals surface area contributed by atoms with Crippen LogP contribution in [0.15, 0.2) is 88.4 Å². The predicted octanol–water partition coefficient (Wildman–Crippen LogP) is 6.58. The van der Waals surface area contributed by atoms with E-state index in [0.29, 0.717) is 23.1 Å². The number of carbonyl (C=O) groups excluding carboxylic acids is 1. The van der Waals surface area contributed by atoms with E-state index in [4.69, 9.17) is 9.84 Å². The summed E-state index contributed by atoms with van der Waals surface area (Å²) in [7, 11) is 0. The van der Waals surface area contributed by atoms with Crippen molar-refractivity contribution in [3.63, 3.8) is 0 Å². The molecule has 5 nitrogen and oxygen atoms in total. The van der Waals surface area contributed by atoms with E-state index in [2.05, 4.69) is 36.2 Å². The van der Waals surface area contributed by atoms with Crippen LogP contribution in [0.2, 0.25) is 0 Å². The van der Waals surface area contributed by atoms with E-state index in [0.717, 1.165) is 32.1 Å². The number of hydrogen-bond acceptors (Lipinski definition) is 6. The van der Waals surface area contributed by atoms with Gasteiger partial charge in [0.05, 0.1) is 28.1 Å². The SMILES string of the molecule is CCOc1ccc(C=C2C(=O)N(c3nc4ccccc4s3)N=C2CSc2ccc(C)cc2)cc1. The number of carbonyl (C=O) groups is 1. The highest BCUT2D eigenvalue weighted by atomic mass is 32.2. The molecule has 0 unspecified atom stereocenters. The first kappa shape index (κ1) is 22.4. The molecular formula is C27H23N3O2S2. The molecule has 4 aromatic rings. The number of ether oxygens (including phenoxy) is 1. The third-order valence-corrected chi connectivity index (χ3v) is 7.35. The number of thioether (sulfide) groups is 1. The van der Waals surface area contributed by atoms with Gasteiger partial charge in [-0.2, -0.15) is 10.1 Å². The van der Waals surface area contributed by atoms with E-state index in [9.17, 15) is 4.79 Å². The average Bonchev–Trinajstić information content (AvgIpc) is 3.41. The van der Waals surface area contributed by atoms with Crippen LogP contribution in [-0.4, -0.2) is 29.0 Å². The lowest BCUT2D eigenvalue weighted by molar-refractivity contribution is -0.114. The molecule has 0 atom stereocenters. The molecule has 170 valence electrons. The van der Waals surface area contributed by atoms with Crippen molar-refractivity contribution < 1.29 is 9.53 Å². The lowest BCUT2D eigenvalue weighted by Gasteiger charge is -2.07. The molecule has 3 aromatic carbocycles. The number of anilines is 1. The number of para-hydroxylation sites is 1. The number of nitrogens with zero attached hydrogens (tertiary/aromatic N) is 3. The van der Waals surface area contributed by atoms with E-state index in [-0.39, 0.29) is 5.91 Å². The first-order chi connectivity index (χ1) is 16.6. The smallest absolute Gasteiger partial charge is 0.282 e. The second-order valence-corrected chi connectivity index (χ2v) is 9.85. The number of fused-ring (bicyclic) bond motifs is 1. The monoisotopic (exact) mass is 485 g/mol. The number of amides is 1. The second kappa shape index (κ2) is 9.83. The van der Waals surface area contributed by atoms with Crippen LogP contribution in [0.1, 0.15) is 18.1 Å². The maximum absolute atomic E-state index is 13.5. The number of aromatic nitrogens is 1. The average molecular weight is 486 g/mol. The van der Waals surface area contributed by atoms with Crippen molar-refractivity contribution in [2.45, 2.75) is 18.7 Å². The fourth-order valence-corrected chi connectivity index (χ4v) is 5.33. The van der Waals surface area contributed by atoms with Crippen LogP contribution in [0.3, 0.4) is 0 Å². The standard InChI is InChI=1S/C27H23N3O2S2/c1-3-32-20-12-10-19(11-13-20)16-22-24(17-33-21-14-8-18(2)9-15-21)29-30(26(22)31)27-28-23-6-4-5-7-25(23)34-27/h4-16H,3,17H2,1-2H3. The Hall–Kier alpha value is -3.42. The Morgan fingerprint density at radius 1 is 1.03 bits per heavy atom. The minimum absolute atomic E-state index is 0.160. The quantitative estimate of drug-likeness (QED) is 0.219. The molecule has 5 rings (SSSR count). The summed E-state index contributed by atoms with van der Waals surface area (Å²) in [6.45, 7) is 4.64. The van der Waals surface area contributed by atoms with Gasteiger partial charge in [-0.25, -0.2) is 4.98 Å². The van der Waals surface area contributed by atoms with Crippen LogP contribution < -0.4 is 9.75 Å². The summed E-state index contributed by atoms with van der Waals surface area (Å²) >= 11 is 3.14. The molecule has 0 aliphatic carbocycles. The van der Waals surface area contributed by atoms with Gasteiger partial charge in [-0.05, 0) is 61.9 Å². The third kappa shape index (κ3) is 4.76. The van der Waals surface area contributed by atoms with Crippen LogP contribution in [0.5, 0.6) is 5.75 Å². The molecule has 0 saturated heterocycles. The molecule has 2 heterocycles. The summed E-state index contributed by atoms with van der Waals surface area (Å²) in [6, 6.07) is 24.0. The van der Waals surface area contributed by atoms with Crippen molar-refractivity contribution in [2.75, 3.05) is 17.4 Å². The van der Waals surface area contributed by atoms with E-state index in [1.165, 1.54) is 21.9 Å². The molecule has 0 spiro atoms. The van der Waals surface area contributed by atoms with Gasteiger partial charge in [-0.3, -0.25) is 4.79 Å². The fraction of sp³-hybridized carbons (Fsp3) is 0.148. The maximum Gasteiger partial charge on any atom is 0.282 e. The van der Waals surface area contributed by atoms with Crippen LogP contribution in [-0.2, 0) is 4.79 Å². The fourth-order valence-electron chi connectivity index (χ4n) is 3.57. The normalized spacial score (nSPS) is 14.8. The summed E-state index contributed by atoms with van der Waals surface area (Å²) in [6.07, 6.45) is 1.90. The molecule has 1 aliphatic rings. The molecule has 34 heavy (non-hydrogen) atoms. The van der Waals surface area contributed by atoms with Gasteiger partial charge in [0.1, 0.15) is 5.75 Å². The van der Waals surface area contributed by atoms with Crippen molar-refractivity contribution in [1.29, 1.82) is 0 Å². The van der Waals surface area contributed by atoms with E-state index in [1.807, 2.05) is 61.5 Å². The molecule has 0 saturated carbocycles. The van der Waals surface area contributed by atoms with Crippen molar-refractivity contribution in [3.8, 4) is 5.75 Å². The zero-order valence-corrected chi connectivity index (χ0v) is 20.5. The Morgan fingerprint density at radius 2 is 1.79 bits per heavy atom. The van der Waals surface area contributed by atoms with Gasteiger partial charge in [0, 0.05) is 10.6 Å². The van der Waals surface area contributed by atoms with E-state index >= 15 is 0 Å². The Balaban J connectivity index is 1.47. The first-order valence-corrected chi connectivity index (χ1v) is 12.8. The van der Waals surface area contributed by atoms with Crippen molar-refractivity contribution >= 4 is 56.1 Å². The van der Waals surface area contributed by atoms with Gasteiger partial charge >= 0.3 is 0 Å². The number of aryl methyl sites for hydroxylation is 1. The molecule has 1 aromatic heterocycles. The Labute approximate surface area is 206 Å². The van der Waals surface area contributed by atoms with Crippen LogP contribution in [0.25, 0.3) is 16.3 Å². The lowest BCUT2D eigenvalue weighted by atomic mass is 10.1. The van der Waals surface area contributed by atoms with Gasteiger partial charge < -0.3 is 4.74 Å². The maximum atomic E-state index is 13.5. The predicted molar refractivity (Wildman–Crippen MR) is 142 cm³/mol. The topological polar surface area (TPSA) is 54.8 Å². The van der Waals surface area contributed by atoms with Gasteiger partial charge in [0.25, 0.3) is 5.91 Å². The van der Waals surface area contributed by atoms with Gasteiger partial charge in [-0.1, -0.05) is 53.3 Å². The highest BCUT2D eigenvalue weighted by Crippen LogP contribution is 2.34. The summed E-state index contributed by atoms with van der Waals surface area (Å²) in [4.78, 5) is 19.3. The minimum atomic E-state index is -0.160. The number of benzene rings is 3. The highest BCUT2D eigenvalue weighted by Gasteiger charge is 2.33. The molecule has 0 N–H and O–H groups in total. The van der Waals surface area contributed by atoms with Gasteiger partial charge in [0.2, 0.25) is 5.13 Å². The molecule has 0 bridgehead atoms. The number of hydrazone groups is 1. The largest absolute Gasteiger partial charge is 0.494 e. The van der Waals surface area contributed by atoms with Gasteiger partial charge in [0.15, 0.2) is 0 Å². The zero-order valence-electron chi connectivity index (χ0n) is 18.9. The third-order valence-electron chi connectivity index (χ3n) is 5.32. The number of rotatable bonds is 7. The Kier molecular flexibility index (Phi) is 6.47. The van der Waals surface area contributed by atoms with Crippen LogP contribution in [0, 0.1) is 6.92 Å². The van der Waals surface area contributed by atoms with Crippen molar-refractivity contribution in [2.24, 2.45) is 5.10 Å². The molecule has 1 aliphatic heterocycles. The lowest BCUT2D eigenvalue weighted by Crippen LogP contribution is -2.21. The molecule has 7 heteroatoms.